The lowest BCUT2D eigenvalue weighted by Crippen LogP contribution is -2.33. The Morgan fingerprint density at radius 1 is 1.25 bits per heavy atom. The molecule has 6 nitrogen and oxygen atoms in total. The van der Waals surface area contributed by atoms with E-state index in [-0.39, 0.29) is 35.6 Å². The molecule has 130 valence electrons. The van der Waals surface area contributed by atoms with Crippen molar-refractivity contribution >= 4 is 16.7 Å². The van der Waals surface area contributed by atoms with Crippen molar-refractivity contribution in [3.8, 4) is 0 Å². The second-order valence-electron chi connectivity index (χ2n) is 6.60. The van der Waals surface area contributed by atoms with E-state index in [0.29, 0.717) is 30.3 Å². The molecule has 0 spiro atoms. The number of hydrogen-bond acceptors (Lipinski definition) is 4. The maximum atomic E-state index is 12.6. The van der Waals surface area contributed by atoms with Crippen molar-refractivity contribution < 1.29 is 9.90 Å². The van der Waals surface area contributed by atoms with Gasteiger partial charge in [-0.3, -0.25) is 9.59 Å². The number of fused-ring (bicyclic) bond motifs is 1. The molecule has 0 bridgehead atoms. The van der Waals surface area contributed by atoms with Gasteiger partial charge in [0, 0.05) is 25.1 Å². The van der Waals surface area contributed by atoms with Crippen molar-refractivity contribution in [3.05, 3.63) is 40.3 Å². The first-order valence-electron chi connectivity index (χ1n) is 8.33. The molecule has 24 heavy (non-hydrogen) atoms. The lowest BCUT2D eigenvalue weighted by atomic mass is 10.1. The van der Waals surface area contributed by atoms with Gasteiger partial charge in [0.1, 0.15) is 0 Å². The van der Waals surface area contributed by atoms with Crippen LogP contribution in [0, 0.1) is 11.8 Å². The number of rotatable bonds is 7. The molecular weight excluding hydrogens is 306 g/mol. The number of hydrogen-bond donors (Lipinski definition) is 2. The largest absolute Gasteiger partial charge is 0.396 e. The van der Waals surface area contributed by atoms with E-state index >= 15 is 0 Å². The lowest BCUT2D eigenvalue weighted by Gasteiger charge is -2.14. The van der Waals surface area contributed by atoms with E-state index in [4.69, 9.17) is 5.11 Å². The molecule has 0 radical (unpaired) electrons. The molecule has 0 aliphatic rings. The summed E-state index contributed by atoms with van der Waals surface area (Å²) in [6.07, 6.45) is 0.626. The Hall–Kier alpha value is -2.21. The fourth-order valence-electron chi connectivity index (χ4n) is 2.55. The summed E-state index contributed by atoms with van der Waals surface area (Å²) in [5.74, 6) is 0.122. The lowest BCUT2D eigenvalue weighted by molar-refractivity contribution is 0.0939. The Morgan fingerprint density at radius 2 is 1.92 bits per heavy atom. The minimum Gasteiger partial charge on any atom is -0.396 e. The van der Waals surface area contributed by atoms with Crippen LogP contribution in [0.1, 0.15) is 37.7 Å². The molecule has 1 amide bonds. The zero-order chi connectivity index (χ0) is 17.7. The first-order chi connectivity index (χ1) is 11.4. The van der Waals surface area contributed by atoms with E-state index in [0.717, 1.165) is 0 Å². The Morgan fingerprint density at radius 3 is 2.54 bits per heavy atom. The molecule has 1 heterocycles. The molecule has 2 rings (SSSR count). The normalized spacial score (nSPS) is 12.5. The molecule has 0 aliphatic heterocycles. The van der Waals surface area contributed by atoms with Crippen molar-refractivity contribution in [1.82, 2.24) is 15.1 Å². The predicted molar refractivity (Wildman–Crippen MR) is 94.0 cm³/mol. The highest BCUT2D eigenvalue weighted by molar-refractivity contribution is 6.04. The molecule has 1 aromatic heterocycles. The number of nitrogens with zero attached hydrogens (tertiary/aromatic N) is 2. The van der Waals surface area contributed by atoms with E-state index in [9.17, 15) is 9.59 Å². The zero-order valence-electron chi connectivity index (χ0n) is 14.5. The second kappa shape index (κ2) is 8.06. The van der Waals surface area contributed by atoms with Gasteiger partial charge in [0.15, 0.2) is 5.69 Å². The van der Waals surface area contributed by atoms with Gasteiger partial charge >= 0.3 is 0 Å². The summed E-state index contributed by atoms with van der Waals surface area (Å²) in [5, 5.41) is 17.2. The molecule has 6 heteroatoms. The van der Waals surface area contributed by atoms with Gasteiger partial charge in [-0.1, -0.05) is 39.0 Å². The average molecular weight is 331 g/mol. The molecule has 1 aromatic carbocycles. The summed E-state index contributed by atoms with van der Waals surface area (Å²) in [6.45, 7) is 6.97. The number of aromatic nitrogens is 2. The van der Waals surface area contributed by atoms with E-state index in [2.05, 4.69) is 10.4 Å². The summed E-state index contributed by atoms with van der Waals surface area (Å²) in [7, 11) is 0. The van der Waals surface area contributed by atoms with Gasteiger partial charge < -0.3 is 10.4 Å². The van der Waals surface area contributed by atoms with E-state index in [1.165, 1.54) is 4.68 Å². The quantitative estimate of drug-likeness (QED) is 0.810. The Kier molecular flexibility index (Phi) is 6.09. The van der Waals surface area contributed by atoms with Crippen LogP contribution < -0.4 is 10.9 Å². The number of nitrogens with one attached hydrogen (secondary N) is 1. The van der Waals surface area contributed by atoms with Crippen LogP contribution >= 0.6 is 0 Å². The van der Waals surface area contributed by atoms with Gasteiger partial charge in [-0.15, -0.1) is 0 Å². The van der Waals surface area contributed by atoms with Crippen LogP contribution in [0.5, 0.6) is 0 Å². The highest BCUT2D eigenvalue weighted by Gasteiger charge is 2.17. The average Bonchev–Trinajstić information content (AvgIpc) is 2.55. The first kappa shape index (κ1) is 18.1. The van der Waals surface area contributed by atoms with Crippen LogP contribution in [0.4, 0.5) is 0 Å². The number of benzene rings is 1. The van der Waals surface area contributed by atoms with Gasteiger partial charge in [0.25, 0.3) is 11.5 Å². The van der Waals surface area contributed by atoms with Crippen molar-refractivity contribution in [3.63, 3.8) is 0 Å². The molecular formula is C18H25N3O3. The number of aliphatic hydroxyl groups is 1. The monoisotopic (exact) mass is 331 g/mol. The third-order valence-electron chi connectivity index (χ3n) is 3.85. The summed E-state index contributed by atoms with van der Waals surface area (Å²) < 4.78 is 1.37. The van der Waals surface area contributed by atoms with Gasteiger partial charge in [-0.05, 0) is 24.3 Å². The SMILES string of the molecule is CC(C)Cn1nc(C(=O)NCC(C)CCO)c2ccccc2c1=O. The fourth-order valence-corrected chi connectivity index (χ4v) is 2.55. The zero-order valence-corrected chi connectivity index (χ0v) is 14.5. The van der Waals surface area contributed by atoms with Crippen LogP contribution in [0.3, 0.4) is 0 Å². The number of amides is 1. The molecule has 2 aromatic rings. The predicted octanol–water partition coefficient (Wildman–Crippen LogP) is 1.80. The number of carbonyl (C=O) groups excluding carboxylic acids is 1. The Bertz CT molecular complexity index is 768. The summed E-state index contributed by atoms with van der Waals surface area (Å²) in [4.78, 5) is 25.1. The van der Waals surface area contributed by atoms with Crippen molar-refractivity contribution in [1.29, 1.82) is 0 Å². The first-order valence-corrected chi connectivity index (χ1v) is 8.33. The van der Waals surface area contributed by atoms with Gasteiger partial charge in [0.2, 0.25) is 0 Å². The standard InChI is InChI=1S/C18H25N3O3/c1-12(2)11-21-18(24)15-7-5-4-6-14(15)16(20-21)17(23)19-10-13(3)8-9-22/h4-7,12-13,22H,8-11H2,1-3H3,(H,19,23). The van der Waals surface area contributed by atoms with Gasteiger partial charge in [-0.2, -0.15) is 5.10 Å². The Balaban J connectivity index is 2.39. The second-order valence-corrected chi connectivity index (χ2v) is 6.60. The summed E-state index contributed by atoms with van der Waals surface area (Å²) in [6, 6.07) is 7.05. The van der Waals surface area contributed by atoms with Crippen LogP contribution in [0.25, 0.3) is 10.8 Å². The summed E-state index contributed by atoms with van der Waals surface area (Å²) in [5.41, 5.74) is 0.0894. The van der Waals surface area contributed by atoms with Crippen molar-refractivity contribution in [2.45, 2.75) is 33.7 Å². The van der Waals surface area contributed by atoms with E-state index in [1.807, 2.05) is 20.8 Å². The molecule has 0 aliphatic carbocycles. The van der Waals surface area contributed by atoms with Crippen LogP contribution in [0.2, 0.25) is 0 Å². The third kappa shape index (κ3) is 4.20. The van der Waals surface area contributed by atoms with Gasteiger partial charge in [0.05, 0.1) is 5.39 Å². The molecule has 1 unspecified atom stereocenters. The number of aliphatic hydroxyl groups excluding tert-OH is 1. The Labute approximate surface area is 141 Å². The highest BCUT2D eigenvalue weighted by Crippen LogP contribution is 2.14. The van der Waals surface area contributed by atoms with E-state index < -0.39 is 0 Å². The minimum atomic E-state index is -0.298. The van der Waals surface area contributed by atoms with Crippen molar-refractivity contribution in [2.75, 3.05) is 13.2 Å². The maximum Gasteiger partial charge on any atom is 0.274 e. The third-order valence-corrected chi connectivity index (χ3v) is 3.85. The molecule has 0 saturated heterocycles. The molecule has 0 fully saturated rings. The maximum absolute atomic E-state index is 12.6. The van der Waals surface area contributed by atoms with Gasteiger partial charge in [-0.25, -0.2) is 4.68 Å². The smallest absolute Gasteiger partial charge is 0.274 e. The molecule has 1 atom stereocenters. The van der Waals surface area contributed by atoms with Crippen molar-refractivity contribution in [2.24, 2.45) is 11.8 Å². The number of carbonyl (C=O) groups is 1. The molecule has 2 N–H and O–H groups in total. The minimum absolute atomic E-state index is 0.0947. The van der Waals surface area contributed by atoms with Crippen LogP contribution in [-0.2, 0) is 6.54 Å². The van der Waals surface area contributed by atoms with Crippen LogP contribution in [0.15, 0.2) is 29.1 Å². The topological polar surface area (TPSA) is 84.2 Å². The van der Waals surface area contributed by atoms with Crippen LogP contribution in [-0.4, -0.2) is 33.9 Å². The fraction of sp³-hybridized carbons (Fsp3) is 0.500. The van der Waals surface area contributed by atoms with E-state index in [1.54, 1.807) is 24.3 Å². The summed E-state index contributed by atoms with van der Waals surface area (Å²) >= 11 is 0. The highest BCUT2D eigenvalue weighted by atomic mass is 16.3. The molecule has 0 saturated carbocycles.